The summed E-state index contributed by atoms with van der Waals surface area (Å²) in [5.41, 5.74) is 0.00117. The van der Waals surface area contributed by atoms with Crippen LogP contribution in [0.4, 0.5) is 18.9 Å². The summed E-state index contributed by atoms with van der Waals surface area (Å²) >= 11 is 0. The van der Waals surface area contributed by atoms with Gasteiger partial charge in [0, 0.05) is 24.7 Å². The van der Waals surface area contributed by atoms with Gasteiger partial charge in [0.2, 0.25) is 0 Å². The van der Waals surface area contributed by atoms with Gasteiger partial charge in [-0.05, 0) is 12.1 Å². The van der Waals surface area contributed by atoms with Gasteiger partial charge in [0.1, 0.15) is 12.4 Å². The zero-order valence-electron chi connectivity index (χ0n) is 9.94. The van der Waals surface area contributed by atoms with Crippen LogP contribution in [0.2, 0.25) is 0 Å². The van der Waals surface area contributed by atoms with Crippen molar-refractivity contribution in [2.75, 3.05) is 19.8 Å². The molecule has 1 aromatic rings. The lowest BCUT2D eigenvalue weighted by Gasteiger charge is -2.06. The fourth-order valence-corrected chi connectivity index (χ4v) is 1.41. The van der Waals surface area contributed by atoms with E-state index in [0.29, 0.717) is 0 Å². The molecule has 1 aromatic carbocycles. The van der Waals surface area contributed by atoms with E-state index in [1.54, 1.807) is 0 Å². The van der Waals surface area contributed by atoms with Crippen LogP contribution < -0.4 is 5.32 Å². The fraction of sp³-hybridized carbons (Fsp3) is 0.455. The first kappa shape index (κ1) is 15.4. The molecule has 0 aliphatic heterocycles. The van der Waals surface area contributed by atoms with Crippen molar-refractivity contribution in [2.24, 2.45) is 0 Å². The fourth-order valence-electron chi connectivity index (χ4n) is 1.41. The van der Waals surface area contributed by atoms with E-state index in [-0.39, 0.29) is 30.9 Å². The molecule has 8 heteroatoms. The van der Waals surface area contributed by atoms with Gasteiger partial charge in [0.15, 0.2) is 0 Å². The van der Waals surface area contributed by atoms with Crippen molar-refractivity contribution in [3.8, 4) is 0 Å². The summed E-state index contributed by atoms with van der Waals surface area (Å²) in [4.78, 5) is 10.1. The number of benzene rings is 1. The minimum atomic E-state index is -2.52. The van der Waals surface area contributed by atoms with Crippen molar-refractivity contribution in [3.05, 3.63) is 39.7 Å². The second-order valence-corrected chi connectivity index (χ2v) is 3.67. The number of rotatable bonds is 8. The third-order valence-electron chi connectivity index (χ3n) is 2.22. The van der Waals surface area contributed by atoms with E-state index in [1.807, 2.05) is 0 Å². The summed E-state index contributed by atoms with van der Waals surface area (Å²) in [6, 6.07) is 3.15. The van der Waals surface area contributed by atoms with Crippen molar-refractivity contribution in [2.45, 2.75) is 13.0 Å². The average molecular weight is 278 g/mol. The van der Waals surface area contributed by atoms with Crippen LogP contribution in [-0.4, -0.2) is 31.1 Å². The maximum atomic E-state index is 13.0. The highest BCUT2D eigenvalue weighted by molar-refractivity contribution is 5.40. The molecule has 106 valence electrons. The van der Waals surface area contributed by atoms with Crippen LogP contribution >= 0.6 is 0 Å². The van der Waals surface area contributed by atoms with E-state index < -0.39 is 23.8 Å². The Hall–Kier alpha value is -1.67. The Labute approximate surface area is 107 Å². The lowest BCUT2D eigenvalue weighted by Crippen LogP contribution is -2.21. The Morgan fingerprint density at radius 3 is 2.79 bits per heavy atom. The van der Waals surface area contributed by atoms with E-state index in [2.05, 4.69) is 10.1 Å². The zero-order valence-corrected chi connectivity index (χ0v) is 9.94. The predicted octanol–water partition coefficient (Wildman–Crippen LogP) is 2.11. The summed E-state index contributed by atoms with van der Waals surface area (Å²) in [6.45, 7) is -0.304. The second-order valence-electron chi connectivity index (χ2n) is 3.67. The average Bonchev–Trinajstić information content (AvgIpc) is 2.33. The number of alkyl halides is 2. The number of nitrogens with one attached hydrogen (secondary N) is 1. The summed E-state index contributed by atoms with van der Waals surface area (Å²) in [5, 5.41) is 13.4. The molecule has 0 radical (unpaired) electrons. The highest BCUT2D eigenvalue weighted by Crippen LogP contribution is 2.19. The van der Waals surface area contributed by atoms with Crippen LogP contribution in [0.25, 0.3) is 0 Å². The number of halogens is 3. The molecule has 19 heavy (non-hydrogen) atoms. The number of nitro groups is 1. The molecule has 1 rings (SSSR count). The molecular weight excluding hydrogens is 265 g/mol. The van der Waals surface area contributed by atoms with Crippen LogP contribution in [0.1, 0.15) is 5.56 Å². The summed E-state index contributed by atoms with van der Waals surface area (Å²) in [5.74, 6) is -0.573. The van der Waals surface area contributed by atoms with Crippen LogP contribution in [0.3, 0.4) is 0 Å². The van der Waals surface area contributed by atoms with Crippen LogP contribution in [-0.2, 0) is 11.3 Å². The molecule has 0 aliphatic carbocycles. The maximum absolute atomic E-state index is 13.0. The summed E-state index contributed by atoms with van der Waals surface area (Å²) < 4.78 is 41.1. The zero-order chi connectivity index (χ0) is 14.3. The molecular formula is C11H13F3N2O3. The van der Waals surface area contributed by atoms with E-state index in [0.717, 1.165) is 18.2 Å². The number of hydrogen-bond donors (Lipinski definition) is 1. The Morgan fingerprint density at radius 2 is 2.16 bits per heavy atom. The lowest BCUT2D eigenvalue weighted by molar-refractivity contribution is -0.385. The molecule has 0 unspecified atom stereocenters. The number of nitro benzene ring substituents is 1. The first-order chi connectivity index (χ1) is 9.00. The van der Waals surface area contributed by atoms with Gasteiger partial charge in [0.05, 0.1) is 11.5 Å². The molecule has 0 saturated heterocycles. The van der Waals surface area contributed by atoms with E-state index >= 15 is 0 Å². The molecule has 0 saturated carbocycles. The molecule has 0 heterocycles. The van der Waals surface area contributed by atoms with Crippen molar-refractivity contribution in [1.29, 1.82) is 0 Å². The monoisotopic (exact) mass is 278 g/mol. The van der Waals surface area contributed by atoms with Crippen molar-refractivity contribution < 1.29 is 22.8 Å². The first-order valence-electron chi connectivity index (χ1n) is 5.50. The Bertz CT molecular complexity index is 430. The third-order valence-corrected chi connectivity index (χ3v) is 2.22. The minimum absolute atomic E-state index is 0.0491. The van der Waals surface area contributed by atoms with Gasteiger partial charge in [-0.2, -0.15) is 0 Å². The van der Waals surface area contributed by atoms with Crippen molar-refractivity contribution in [1.82, 2.24) is 5.32 Å². The van der Waals surface area contributed by atoms with E-state index in [4.69, 9.17) is 0 Å². The maximum Gasteiger partial charge on any atom is 0.274 e. The summed E-state index contributed by atoms with van der Waals surface area (Å²) in [7, 11) is 0. The second kappa shape index (κ2) is 7.70. The van der Waals surface area contributed by atoms with Gasteiger partial charge in [-0.1, -0.05) is 0 Å². The first-order valence-corrected chi connectivity index (χ1v) is 5.50. The quantitative estimate of drug-likeness (QED) is 0.449. The third kappa shape index (κ3) is 5.66. The Kier molecular flexibility index (Phi) is 6.23. The topological polar surface area (TPSA) is 64.4 Å². The molecule has 1 N–H and O–H groups in total. The molecule has 0 aromatic heterocycles. The minimum Gasteiger partial charge on any atom is -0.374 e. The normalized spacial score (nSPS) is 10.9. The molecule has 5 nitrogen and oxygen atoms in total. The molecule has 0 spiro atoms. The molecule has 0 fully saturated rings. The molecule has 0 amide bonds. The van der Waals surface area contributed by atoms with Crippen LogP contribution in [0, 0.1) is 15.9 Å². The standard InChI is InChI=1S/C11H13F3N2O3/c12-9-1-2-10(16(17)18)8(5-9)6-15-3-4-19-7-11(13)14/h1-2,5,11,15H,3-4,6-7H2. The van der Waals surface area contributed by atoms with Gasteiger partial charge < -0.3 is 10.1 Å². The van der Waals surface area contributed by atoms with E-state index in [1.165, 1.54) is 0 Å². The van der Waals surface area contributed by atoms with Gasteiger partial charge in [-0.3, -0.25) is 10.1 Å². The number of hydrogen-bond acceptors (Lipinski definition) is 4. The van der Waals surface area contributed by atoms with Gasteiger partial charge in [0.25, 0.3) is 12.1 Å². The summed E-state index contributed by atoms with van der Waals surface area (Å²) in [6.07, 6.45) is -2.52. The van der Waals surface area contributed by atoms with Gasteiger partial charge >= 0.3 is 0 Å². The van der Waals surface area contributed by atoms with Crippen molar-refractivity contribution >= 4 is 5.69 Å². The molecule has 0 aliphatic rings. The van der Waals surface area contributed by atoms with Gasteiger partial charge in [-0.15, -0.1) is 0 Å². The highest BCUT2D eigenvalue weighted by atomic mass is 19.3. The number of ether oxygens (including phenoxy) is 1. The highest BCUT2D eigenvalue weighted by Gasteiger charge is 2.13. The molecule has 0 atom stereocenters. The van der Waals surface area contributed by atoms with Crippen LogP contribution in [0.15, 0.2) is 18.2 Å². The SMILES string of the molecule is O=[N+]([O-])c1ccc(F)cc1CNCCOCC(F)F. The van der Waals surface area contributed by atoms with Crippen molar-refractivity contribution in [3.63, 3.8) is 0 Å². The Balaban J connectivity index is 2.40. The van der Waals surface area contributed by atoms with Crippen LogP contribution in [0.5, 0.6) is 0 Å². The van der Waals surface area contributed by atoms with Gasteiger partial charge in [-0.25, -0.2) is 13.2 Å². The smallest absolute Gasteiger partial charge is 0.274 e. The largest absolute Gasteiger partial charge is 0.374 e. The van der Waals surface area contributed by atoms with E-state index in [9.17, 15) is 23.3 Å². The predicted molar refractivity (Wildman–Crippen MR) is 61.6 cm³/mol. The number of nitrogens with zero attached hydrogens (tertiary/aromatic N) is 1. The Morgan fingerprint density at radius 1 is 1.42 bits per heavy atom. The molecule has 0 bridgehead atoms. The lowest BCUT2D eigenvalue weighted by atomic mass is 10.1.